The van der Waals surface area contributed by atoms with Gasteiger partial charge in [0.05, 0.1) is 5.92 Å². The fourth-order valence-corrected chi connectivity index (χ4v) is 4.46. The number of rotatable bonds is 3. The first kappa shape index (κ1) is 16.3. The number of carboxylic acids is 1. The first-order valence-electron chi connectivity index (χ1n) is 7.47. The summed E-state index contributed by atoms with van der Waals surface area (Å²) >= 11 is 3.42. The van der Waals surface area contributed by atoms with Crippen molar-refractivity contribution in [3.8, 4) is 0 Å². The van der Waals surface area contributed by atoms with E-state index in [1.807, 2.05) is 12.1 Å². The Morgan fingerprint density at radius 2 is 2.10 bits per heavy atom. The van der Waals surface area contributed by atoms with Gasteiger partial charge in [0.25, 0.3) is 0 Å². The SMILES string of the molecule is CC1CC(C(C(=O)O)c2cc(Br)ccc2N)CC(C)(C)C1. The lowest BCUT2D eigenvalue weighted by atomic mass is 9.63. The van der Waals surface area contributed by atoms with Crippen molar-refractivity contribution in [2.75, 3.05) is 5.73 Å². The molecule has 1 aromatic carbocycles. The van der Waals surface area contributed by atoms with Crippen molar-refractivity contribution in [1.82, 2.24) is 0 Å². The van der Waals surface area contributed by atoms with Gasteiger partial charge in [-0.3, -0.25) is 4.79 Å². The molecule has 0 spiro atoms. The molecule has 1 saturated carbocycles. The zero-order chi connectivity index (χ0) is 15.8. The largest absolute Gasteiger partial charge is 0.481 e. The van der Waals surface area contributed by atoms with Crippen LogP contribution in [0.3, 0.4) is 0 Å². The number of aliphatic carboxylic acids is 1. The highest BCUT2D eigenvalue weighted by molar-refractivity contribution is 9.10. The number of hydrogen-bond donors (Lipinski definition) is 2. The van der Waals surface area contributed by atoms with E-state index in [0.29, 0.717) is 11.6 Å². The van der Waals surface area contributed by atoms with Crippen LogP contribution in [-0.4, -0.2) is 11.1 Å². The summed E-state index contributed by atoms with van der Waals surface area (Å²) in [6.45, 7) is 6.69. The van der Waals surface area contributed by atoms with Crippen molar-refractivity contribution < 1.29 is 9.90 Å². The van der Waals surface area contributed by atoms with Gasteiger partial charge in [0.2, 0.25) is 0 Å². The zero-order valence-corrected chi connectivity index (χ0v) is 14.5. The predicted octanol–water partition coefficient (Wildman–Crippen LogP) is 4.66. The van der Waals surface area contributed by atoms with E-state index < -0.39 is 11.9 Å². The molecule has 4 heteroatoms. The maximum absolute atomic E-state index is 11.9. The zero-order valence-electron chi connectivity index (χ0n) is 12.9. The van der Waals surface area contributed by atoms with Crippen LogP contribution in [0.1, 0.15) is 51.5 Å². The molecule has 1 aliphatic carbocycles. The van der Waals surface area contributed by atoms with Gasteiger partial charge >= 0.3 is 5.97 Å². The van der Waals surface area contributed by atoms with Gasteiger partial charge in [0, 0.05) is 10.2 Å². The minimum atomic E-state index is -0.769. The van der Waals surface area contributed by atoms with E-state index in [0.717, 1.165) is 29.3 Å². The molecule has 0 aliphatic heterocycles. The third-order valence-electron chi connectivity index (χ3n) is 4.54. The summed E-state index contributed by atoms with van der Waals surface area (Å²) in [7, 11) is 0. The fraction of sp³-hybridized carbons (Fsp3) is 0.588. The van der Waals surface area contributed by atoms with Crippen LogP contribution < -0.4 is 5.73 Å². The summed E-state index contributed by atoms with van der Waals surface area (Å²) in [5, 5.41) is 9.78. The number of halogens is 1. The first-order valence-corrected chi connectivity index (χ1v) is 8.26. The summed E-state index contributed by atoms with van der Waals surface area (Å²) in [4.78, 5) is 11.9. The van der Waals surface area contributed by atoms with Gasteiger partial charge in [-0.15, -0.1) is 0 Å². The molecule has 0 amide bonds. The summed E-state index contributed by atoms with van der Waals surface area (Å²) in [6.07, 6.45) is 3.04. The van der Waals surface area contributed by atoms with E-state index in [1.165, 1.54) is 0 Å². The highest BCUT2D eigenvalue weighted by atomic mass is 79.9. The summed E-state index contributed by atoms with van der Waals surface area (Å²) in [6, 6.07) is 5.50. The molecule has 0 bridgehead atoms. The molecule has 3 atom stereocenters. The molecule has 3 unspecified atom stereocenters. The highest BCUT2D eigenvalue weighted by Gasteiger charge is 2.40. The van der Waals surface area contributed by atoms with E-state index in [2.05, 4.69) is 36.7 Å². The van der Waals surface area contributed by atoms with Gasteiger partial charge in [-0.05, 0) is 60.3 Å². The molecule has 1 fully saturated rings. The molecular weight excluding hydrogens is 330 g/mol. The van der Waals surface area contributed by atoms with Gasteiger partial charge in [-0.1, -0.05) is 36.7 Å². The molecule has 3 N–H and O–H groups in total. The smallest absolute Gasteiger partial charge is 0.311 e. The van der Waals surface area contributed by atoms with Crippen molar-refractivity contribution in [2.45, 2.75) is 46.0 Å². The topological polar surface area (TPSA) is 63.3 Å². The lowest BCUT2D eigenvalue weighted by Gasteiger charge is -2.41. The quantitative estimate of drug-likeness (QED) is 0.776. The third kappa shape index (κ3) is 3.79. The maximum Gasteiger partial charge on any atom is 0.311 e. The number of carboxylic acid groups (broad SMARTS) is 1. The van der Waals surface area contributed by atoms with Crippen LogP contribution in [0.15, 0.2) is 22.7 Å². The van der Waals surface area contributed by atoms with Crippen LogP contribution in [0.4, 0.5) is 5.69 Å². The second kappa shape index (κ2) is 5.99. The Hall–Kier alpha value is -1.03. The Labute approximate surface area is 135 Å². The average molecular weight is 354 g/mol. The normalized spacial score (nSPS) is 26.3. The van der Waals surface area contributed by atoms with Crippen LogP contribution in [-0.2, 0) is 4.79 Å². The van der Waals surface area contributed by atoms with E-state index in [9.17, 15) is 9.90 Å². The number of hydrogen-bond acceptors (Lipinski definition) is 2. The molecular formula is C17H24BrNO2. The van der Waals surface area contributed by atoms with E-state index in [1.54, 1.807) is 6.07 Å². The highest BCUT2D eigenvalue weighted by Crippen LogP contribution is 2.47. The van der Waals surface area contributed by atoms with Gasteiger partial charge in [-0.2, -0.15) is 0 Å². The second-order valence-electron chi connectivity index (χ2n) is 7.26. The van der Waals surface area contributed by atoms with Crippen LogP contribution in [0.2, 0.25) is 0 Å². The van der Waals surface area contributed by atoms with Crippen molar-refractivity contribution in [3.63, 3.8) is 0 Å². The molecule has 116 valence electrons. The van der Waals surface area contributed by atoms with Crippen LogP contribution in [0, 0.1) is 17.3 Å². The minimum Gasteiger partial charge on any atom is -0.481 e. The van der Waals surface area contributed by atoms with Crippen molar-refractivity contribution in [3.05, 3.63) is 28.2 Å². The summed E-state index contributed by atoms with van der Waals surface area (Å²) in [5.74, 6) is -0.606. The molecule has 1 aliphatic rings. The van der Waals surface area contributed by atoms with Crippen LogP contribution in [0.5, 0.6) is 0 Å². The molecule has 0 saturated heterocycles. The Bertz CT molecular complexity index is 542. The molecule has 0 heterocycles. The number of nitrogen functional groups attached to an aromatic ring is 1. The summed E-state index contributed by atoms with van der Waals surface area (Å²) in [5.41, 5.74) is 7.56. The van der Waals surface area contributed by atoms with Crippen molar-refractivity contribution in [2.24, 2.45) is 17.3 Å². The average Bonchev–Trinajstić information content (AvgIpc) is 2.30. The number of anilines is 1. The predicted molar refractivity (Wildman–Crippen MR) is 89.2 cm³/mol. The minimum absolute atomic E-state index is 0.137. The van der Waals surface area contributed by atoms with Gasteiger partial charge in [0.1, 0.15) is 0 Å². The third-order valence-corrected chi connectivity index (χ3v) is 5.04. The Balaban J connectivity index is 2.39. The molecule has 0 radical (unpaired) electrons. The van der Waals surface area contributed by atoms with E-state index in [-0.39, 0.29) is 11.3 Å². The monoisotopic (exact) mass is 353 g/mol. The van der Waals surface area contributed by atoms with Crippen molar-refractivity contribution >= 4 is 27.6 Å². The van der Waals surface area contributed by atoms with Crippen LogP contribution in [0.25, 0.3) is 0 Å². The molecule has 21 heavy (non-hydrogen) atoms. The fourth-order valence-electron chi connectivity index (χ4n) is 4.08. The van der Waals surface area contributed by atoms with Crippen LogP contribution >= 0.6 is 15.9 Å². The Kier molecular flexibility index (Phi) is 4.66. The lowest BCUT2D eigenvalue weighted by Crippen LogP contribution is -2.34. The number of nitrogens with two attached hydrogens (primary N) is 1. The van der Waals surface area contributed by atoms with Gasteiger partial charge in [0.15, 0.2) is 0 Å². The lowest BCUT2D eigenvalue weighted by molar-refractivity contribution is -0.141. The first-order chi connectivity index (χ1) is 9.69. The van der Waals surface area contributed by atoms with Crippen molar-refractivity contribution in [1.29, 1.82) is 0 Å². The molecule has 0 aromatic heterocycles. The van der Waals surface area contributed by atoms with E-state index >= 15 is 0 Å². The van der Waals surface area contributed by atoms with Gasteiger partial charge < -0.3 is 10.8 Å². The molecule has 2 rings (SSSR count). The Morgan fingerprint density at radius 1 is 1.43 bits per heavy atom. The van der Waals surface area contributed by atoms with Gasteiger partial charge in [-0.25, -0.2) is 0 Å². The summed E-state index contributed by atoms with van der Waals surface area (Å²) < 4.78 is 0.876. The standard InChI is InChI=1S/C17H24BrNO2/c1-10-6-11(9-17(2,3)8-10)15(16(20)21)13-7-12(18)4-5-14(13)19/h4-5,7,10-11,15H,6,8-9,19H2,1-3H3,(H,20,21). The Morgan fingerprint density at radius 3 is 2.67 bits per heavy atom. The maximum atomic E-state index is 11.9. The number of benzene rings is 1. The molecule has 3 nitrogen and oxygen atoms in total. The second-order valence-corrected chi connectivity index (χ2v) is 8.18. The number of carbonyl (C=O) groups is 1. The molecule has 1 aromatic rings. The van der Waals surface area contributed by atoms with E-state index in [4.69, 9.17) is 5.73 Å².